The van der Waals surface area contributed by atoms with Crippen LogP contribution in [0.4, 0.5) is 13.2 Å². The van der Waals surface area contributed by atoms with Crippen molar-refractivity contribution in [3.05, 3.63) is 59.8 Å². The van der Waals surface area contributed by atoms with Gasteiger partial charge in [0.25, 0.3) is 5.91 Å². The molecule has 0 bridgehead atoms. The first kappa shape index (κ1) is 17.7. The van der Waals surface area contributed by atoms with Crippen LogP contribution in [0.15, 0.2) is 48.7 Å². The number of nitrogens with one attached hydrogen (secondary N) is 1. The number of rotatable bonds is 6. The number of ether oxygens (including phenoxy) is 1. The van der Waals surface area contributed by atoms with Crippen molar-refractivity contribution in [1.82, 2.24) is 10.3 Å². The van der Waals surface area contributed by atoms with E-state index in [0.717, 1.165) is 0 Å². The van der Waals surface area contributed by atoms with Gasteiger partial charge in [0.2, 0.25) is 5.88 Å². The number of carbonyl (C=O) groups excluding carboxylic acids is 1. The van der Waals surface area contributed by atoms with Crippen LogP contribution in [0, 0.1) is 0 Å². The van der Waals surface area contributed by atoms with Crippen molar-refractivity contribution in [3.63, 3.8) is 0 Å². The van der Waals surface area contributed by atoms with Crippen LogP contribution in [0.5, 0.6) is 5.88 Å². The second-order valence-electron chi connectivity index (χ2n) is 4.94. The van der Waals surface area contributed by atoms with Crippen LogP contribution in [-0.2, 0) is 11.3 Å². The number of alkyl halides is 3. The molecule has 1 amide bonds. The first-order valence-electron chi connectivity index (χ1n) is 7.00. The highest BCUT2D eigenvalue weighted by atomic mass is 19.4. The van der Waals surface area contributed by atoms with E-state index in [1.54, 1.807) is 30.3 Å². The summed E-state index contributed by atoms with van der Waals surface area (Å²) in [7, 11) is 0. The molecule has 1 unspecified atom stereocenters. The van der Waals surface area contributed by atoms with Crippen LogP contribution < -0.4 is 10.1 Å². The van der Waals surface area contributed by atoms with Crippen LogP contribution in [0.25, 0.3) is 0 Å². The fourth-order valence-electron chi connectivity index (χ4n) is 1.83. The quantitative estimate of drug-likeness (QED) is 0.847. The molecule has 5 nitrogen and oxygen atoms in total. The molecule has 1 aromatic heterocycles. The molecule has 2 rings (SSSR count). The van der Waals surface area contributed by atoms with Crippen LogP contribution in [0.2, 0.25) is 0 Å². The van der Waals surface area contributed by atoms with Gasteiger partial charge in [0.1, 0.15) is 0 Å². The molecular formula is C16H15F3N2O3. The highest BCUT2D eigenvalue weighted by Crippen LogP contribution is 2.17. The summed E-state index contributed by atoms with van der Waals surface area (Å²) < 4.78 is 40.5. The Morgan fingerprint density at radius 3 is 2.50 bits per heavy atom. The zero-order valence-electron chi connectivity index (χ0n) is 12.5. The van der Waals surface area contributed by atoms with Gasteiger partial charge in [0.15, 0.2) is 12.7 Å². The van der Waals surface area contributed by atoms with E-state index < -0.39 is 24.8 Å². The first-order valence-corrected chi connectivity index (χ1v) is 7.00. The summed E-state index contributed by atoms with van der Waals surface area (Å²) >= 11 is 0. The standard InChI is InChI=1S/C16H15F3N2O3/c17-16(18,19)10-24-13-7-6-11(8-20-13)9-21-15(23)14(22)12-4-2-1-3-5-12/h1-8,14,22H,9-10H2,(H,21,23). The number of aromatic nitrogens is 1. The Hall–Kier alpha value is -2.61. The molecule has 0 fully saturated rings. The van der Waals surface area contributed by atoms with Gasteiger partial charge in [-0.15, -0.1) is 0 Å². The van der Waals surface area contributed by atoms with E-state index in [1.807, 2.05) is 0 Å². The number of hydrogen-bond acceptors (Lipinski definition) is 4. The van der Waals surface area contributed by atoms with Crippen molar-refractivity contribution < 1.29 is 27.8 Å². The van der Waals surface area contributed by atoms with Gasteiger partial charge in [0, 0.05) is 18.8 Å². The lowest BCUT2D eigenvalue weighted by Crippen LogP contribution is -2.28. The number of benzene rings is 1. The van der Waals surface area contributed by atoms with Crippen LogP contribution >= 0.6 is 0 Å². The molecule has 1 atom stereocenters. The molecule has 0 aliphatic rings. The Kier molecular flexibility index (Phi) is 5.75. The third kappa shape index (κ3) is 5.54. The Morgan fingerprint density at radius 2 is 1.92 bits per heavy atom. The molecule has 2 aromatic rings. The lowest BCUT2D eigenvalue weighted by atomic mass is 10.1. The molecule has 1 heterocycles. The third-order valence-corrected chi connectivity index (χ3v) is 3.01. The third-order valence-electron chi connectivity index (χ3n) is 3.01. The SMILES string of the molecule is O=C(NCc1ccc(OCC(F)(F)F)nc1)C(O)c1ccccc1. The van der Waals surface area contributed by atoms with Crippen LogP contribution in [0.1, 0.15) is 17.2 Å². The largest absolute Gasteiger partial charge is 0.468 e. The van der Waals surface area contributed by atoms with E-state index in [1.165, 1.54) is 18.3 Å². The van der Waals surface area contributed by atoms with Gasteiger partial charge >= 0.3 is 6.18 Å². The van der Waals surface area contributed by atoms with Crippen LogP contribution in [0.3, 0.4) is 0 Å². The summed E-state index contributed by atoms with van der Waals surface area (Å²) in [6.07, 6.45) is -4.43. The molecule has 8 heteroatoms. The molecular weight excluding hydrogens is 325 g/mol. The molecule has 0 saturated heterocycles. The number of nitrogens with zero attached hydrogens (tertiary/aromatic N) is 1. The predicted molar refractivity (Wildman–Crippen MR) is 79.0 cm³/mol. The average molecular weight is 340 g/mol. The molecule has 128 valence electrons. The van der Waals surface area contributed by atoms with Crippen molar-refractivity contribution >= 4 is 5.91 Å². The fourth-order valence-corrected chi connectivity index (χ4v) is 1.83. The summed E-state index contributed by atoms with van der Waals surface area (Å²) in [5.41, 5.74) is 1.02. The zero-order chi connectivity index (χ0) is 17.6. The molecule has 0 spiro atoms. The number of aliphatic hydroxyl groups excluding tert-OH is 1. The van der Waals surface area contributed by atoms with Gasteiger partial charge < -0.3 is 15.2 Å². The highest BCUT2D eigenvalue weighted by Gasteiger charge is 2.28. The number of hydrogen-bond donors (Lipinski definition) is 2. The van der Waals surface area contributed by atoms with Crippen molar-refractivity contribution in [2.75, 3.05) is 6.61 Å². The molecule has 0 radical (unpaired) electrons. The van der Waals surface area contributed by atoms with E-state index in [2.05, 4.69) is 15.0 Å². The summed E-state index contributed by atoms with van der Waals surface area (Å²) in [4.78, 5) is 15.6. The smallest absolute Gasteiger partial charge is 0.422 e. The lowest BCUT2D eigenvalue weighted by Gasteiger charge is -2.12. The topological polar surface area (TPSA) is 71.5 Å². The predicted octanol–water partition coefficient (Wildman–Crippen LogP) is 2.37. The maximum absolute atomic E-state index is 12.0. The number of carbonyl (C=O) groups is 1. The van der Waals surface area contributed by atoms with Crippen LogP contribution in [-0.4, -0.2) is 28.8 Å². The van der Waals surface area contributed by atoms with Gasteiger partial charge in [0.05, 0.1) is 0 Å². The van der Waals surface area contributed by atoms with Gasteiger partial charge in [-0.2, -0.15) is 13.2 Å². The van der Waals surface area contributed by atoms with Crippen molar-refractivity contribution in [2.45, 2.75) is 18.8 Å². The second-order valence-corrected chi connectivity index (χ2v) is 4.94. The first-order chi connectivity index (χ1) is 11.3. The van der Waals surface area contributed by atoms with Gasteiger partial charge in [-0.3, -0.25) is 4.79 Å². The van der Waals surface area contributed by atoms with Crippen molar-refractivity contribution in [1.29, 1.82) is 0 Å². The minimum Gasteiger partial charge on any atom is -0.468 e. The van der Waals surface area contributed by atoms with Crippen molar-refractivity contribution in [3.8, 4) is 5.88 Å². The normalized spacial score (nSPS) is 12.5. The fraction of sp³-hybridized carbons (Fsp3) is 0.250. The molecule has 0 saturated carbocycles. The average Bonchev–Trinajstić information content (AvgIpc) is 2.58. The molecule has 1 aromatic carbocycles. The van der Waals surface area contributed by atoms with E-state index in [9.17, 15) is 23.1 Å². The minimum atomic E-state index is -4.43. The second kappa shape index (κ2) is 7.78. The van der Waals surface area contributed by atoms with E-state index in [4.69, 9.17) is 0 Å². The number of pyridine rings is 1. The molecule has 2 N–H and O–H groups in total. The Labute approximate surface area is 136 Å². The maximum atomic E-state index is 12.0. The summed E-state index contributed by atoms with van der Waals surface area (Å²) in [6.45, 7) is -1.34. The lowest BCUT2D eigenvalue weighted by molar-refractivity contribution is -0.154. The van der Waals surface area contributed by atoms with E-state index >= 15 is 0 Å². The Balaban J connectivity index is 1.85. The Morgan fingerprint density at radius 1 is 1.21 bits per heavy atom. The van der Waals surface area contributed by atoms with Gasteiger partial charge in [-0.1, -0.05) is 36.4 Å². The van der Waals surface area contributed by atoms with E-state index in [-0.39, 0.29) is 12.4 Å². The maximum Gasteiger partial charge on any atom is 0.422 e. The minimum absolute atomic E-state index is 0.0786. The highest BCUT2D eigenvalue weighted by molar-refractivity contribution is 5.81. The summed E-state index contributed by atoms with van der Waals surface area (Å²) in [5, 5.41) is 12.4. The number of aliphatic hydroxyl groups is 1. The number of amides is 1. The molecule has 0 aliphatic heterocycles. The molecule has 0 aliphatic carbocycles. The van der Waals surface area contributed by atoms with Gasteiger partial charge in [-0.05, 0) is 11.1 Å². The van der Waals surface area contributed by atoms with Crippen molar-refractivity contribution in [2.24, 2.45) is 0 Å². The zero-order valence-corrected chi connectivity index (χ0v) is 12.5. The summed E-state index contributed by atoms with van der Waals surface area (Å²) in [6, 6.07) is 11.2. The monoisotopic (exact) mass is 340 g/mol. The van der Waals surface area contributed by atoms with E-state index in [0.29, 0.717) is 11.1 Å². The Bertz CT molecular complexity index is 661. The summed E-state index contributed by atoms with van der Waals surface area (Å²) in [5.74, 6) is -0.745. The molecule has 24 heavy (non-hydrogen) atoms. The number of halogens is 3. The van der Waals surface area contributed by atoms with Gasteiger partial charge in [-0.25, -0.2) is 4.98 Å².